The molecule has 0 N–H and O–H groups in total. The topological polar surface area (TPSA) is 65.5 Å². The molecule has 5 nitrogen and oxygen atoms in total. The van der Waals surface area contributed by atoms with Gasteiger partial charge >= 0.3 is 11.9 Å². The Morgan fingerprint density at radius 3 is 2.32 bits per heavy atom. The number of pyridine rings is 1. The third kappa shape index (κ3) is 5.31. The molecule has 2 radical (unpaired) electrons. The number of nitrogens with zero attached hydrogens (tertiary/aromatic N) is 1. The molecule has 0 aliphatic heterocycles. The van der Waals surface area contributed by atoms with E-state index in [2.05, 4.69) is 4.98 Å². The molecule has 6 heteroatoms. The molecule has 1 atom stereocenters. The first-order chi connectivity index (χ1) is 11.7. The van der Waals surface area contributed by atoms with Gasteiger partial charge in [-0.1, -0.05) is 31.4 Å². The Hall–Kier alpha value is -2.37. The van der Waals surface area contributed by atoms with Gasteiger partial charge in [-0.25, -0.2) is 0 Å². The molecule has 0 aliphatic carbocycles. The van der Waals surface area contributed by atoms with Crippen LogP contribution in [0.5, 0.6) is 0 Å². The first-order valence-electron chi connectivity index (χ1n) is 8.18. The number of hydrogen-bond donors (Lipinski definition) is 0. The van der Waals surface area contributed by atoms with Crippen molar-refractivity contribution in [2.45, 2.75) is 46.1 Å². The van der Waals surface area contributed by atoms with Crippen LogP contribution < -0.4 is 5.46 Å². The highest BCUT2D eigenvalue weighted by Gasteiger charge is 2.35. The maximum absolute atomic E-state index is 12.5. The normalized spacial score (nSPS) is 11.9. The number of aromatic nitrogens is 1. The zero-order valence-electron chi connectivity index (χ0n) is 15.6. The summed E-state index contributed by atoms with van der Waals surface area (Å²) in [5, 5.41) is 0.619. The Morgan fingerprint density at radius 2 is 1.76 bits per heavy atom. The second-order valence-corrected chi connectivity index (χ2v) is 6.17. The van der Waals surface area contributed by atoms with Crippen molar-refractivity contribution in [1.82, 2.24) is 4.98 Å². The van der Waals surface area contributed by atoms with Gasteiger partial charge in [0, 0.05) is 11.6 Å². The molecule has 2 rings (SSSR count). The highest BCUT2D eigenvalue weighted by atomic mass is 16.6. The fourth-order valence-corrected chi connectivity index (χ4v) is 2.27. The van der Waals surface area contributed by atoms with Crippen molar-refractivity contribution in [1.29, 1.82) is 0 Å². The molecule has 0 fully saturated rings. The number of benzene rings is 1. The van der Waals surface area contributed by atoms with Gasteiger partial charge in [-0.3, -0.25) is 14.6 Å². The lowest BCUT2D eigenvalue weighted by atomic mass is 9.90. The summed E-state index contributed by atoms with van der Waals surface area (Å²) in [7, 11) is 7.05. The number of ether oxygens (including phenoxy) is 2. The number of carbonyl (C=O) groups excluding carboxylic acids is 2. The van der Waals surface area contributed by atoms with Crippen molar-refractivity contribution in [3.63, 3.8) is 0 Å². The molecule has 1 unspecified atom stereocenters. The summed E-state index contributed by atoms with van der Waals surface area (Å²) in [4.78, 5) is 28.9. The highest BCUT2D eigenvalue weighted by Crippen LogP contribution is 2.27. The van der Waals surface area contributed by atoms with Gasteiger partial charge < -0.3 is 9.47 Å². The van der Waals surface area contributed by atoms with Crippen molar-refractivity contribution in [3.05, 3.63) is 36.0 Å². The molecule has 0 bridgehead atoms. The molecule has 2 aromatic rings. The Balaban J connectivity index is 0.00000151. The molecule has 1 aromatic heterocycles. The van der Waals surface area contributed by atoms with Crippen molar-refractivity contribution in [2.75, 3.05) is 7.11 Å². The zero-order chi connectivity index (χ0) is 19.2. The first-order valence-corrected chi connectivity index (χ1v) is 8.18. The number of esters is 2. The quantitative estimate of drug-likeness (QED) is 0.488. The Morgan fingerprint density at radius 1 is 1.12 bits per heavy atom. The van der Waals surface area contributed by atoms with E-state index in [1.807, 2.05) is 13.8 Å². The molecule has 0 saturated carbocycles. The van der Waals surface area contributed by atoms with E-state index in [1.54, 1.807) is 45.0 Å². The minimum absolute atomic E-state index is 0.461. The van der Waals surface area contributed by atoms with Gasteiger partial charge in [-0.15, -0.1) is 0 Å². The fourth-order valence-electron chi connectivity index (χ4n) is 2.27. The van der Waals surface area contributed by atoms with E-state index < -0.39 is 23.5 Å². The molecule has 132 valence electrons. The standard InChI is InChI=1S/C17H18BNO4.C2H6/c1-17(2,3)23-16(21)14(15(20)22-4)11-7-8-19-13-6-5-10(18)9-12(11)13;1-2/h5-9,14H,1-4H3;1-2H3. The van der Waals surface area contributed by atoms with Crippen LogP contribution in [0.25, 0.3) is 10.9 Å². The SMILES string of the molecule is CC.[B]c1ccc2nccc(C(C(=O)OC)C(=O)OC(C)(C)C)c2c1. The van der Waals surface area contributed by atoms with Crippen LogP contribution in [0.1, 0.15) is 46.1 Å². The average molecular weight is 341 g/mol. The molecule has 0 amide bonds. The lowest BCUT2D eigenvalue weighted by Gasteiger charge is -2.23. The van der Waals surface area contributed by atoms with Gasteiger partial charge in [0.05, 0.1) is 12.6 Å². The van der Waals surface area contributed by atoms with Crippen LogP contribution in [0.3, 0.4) is 0 Å². The van der Waals surface area contributed by atoms with E-state index in [-0.39, 0.29) is 0 Å². The second kappa shape index (κ2) is 8.65. The van der Waals surface area contributed by atoms with Crippen LogP contribution in [0.2, 0.25) is 0 Å². The van der Waals surface area contributed by atoms with Crippen molar-refractivity contribution in [2.24, 2.45) is 0 Å². The number of hydrogen-bond acceptors (Lipinski definition) is 5. The zero-order valence-corrected chi connectivity index (χ0v) is 15.6. The third-order valence-electron chi connectivity index (χ3n) is 3.19. The predicted octanol–water partition coefficient (Wildman–Crippen LogP) is 2.65. The number of methoxy groups -OCH3 is 1. The molecular weight excluding hydrogens is 317 g/mol. The fraction of sp³-hybridized carbons (Fsp3) is 0.421. The van der Waals surface area contributed by atoms with E-state index >= 15 is 0 Å². The maximum Gasteiger partial charge on any atom is 0.325 e. The van der Waals surface area contributed by atoms with Gasteiger partial charge in [-0.2, -0.15) is 0 Å². The van der Waals surface area contributed by atoms with Gasteiger partial charge in [-0.05, 0) is 38.5 Å². The third-order valence-corrected chi connectivity index (χ3v) is 3.19. The minimum Gasteiger partial charge on any atom is -0.468 e. The average Bonchev–Trinajstić information content (AvgIpc) is 2.55. The molecule has 1 aromatic carbocycles. The van der Waals surface area contributed by atoms with Gasteiger partial charge in [0.2, 0.25) is 0 Å². The lowest BCUT2D eigenvalue weighted by molar-refractivity contribution is -0.163. The molecule has 0 aliphatic rings. The smallest absolute Gasteiger partial charge is 0.325 e. The summed E-state index contributed by atoms with van der Waals surface area (Å²) in [5.74, 6) is -2.54. The number of rotatable bonds is 3. The van der Waals surface area contributed by atoms with E-state index in [4.69, 9.17) is 17.3 Å². The van der Waals surface area contributed by atoms with E-state index in [0.717, 1.165) is 0 Å². The predicted molar refractivity (Wildman–Crippen MR) is 99.1 cm³/mol. The van der Waals surface area contributed by atoms with Gasteiger partial charge in [0.15, 0.2) is 5.92 Å². The summed E-state index contributed by atoms with van der Waals surface area (Å²) in [5.41, 5.74) is 0.891. The van der Waals surface area contributed by atoms with Crippen molar-refractivity contribution >= 4 is 36.2 Å². The Bertz CT molecular complexity index is 753. The summed E-state index contributed by atoms with van der Waals surface area (Å²) in [6, 6.07) is 6.72. The van der Waals surface area contributed by atoms with Crippen LogP contribution in [-0.2, 0) is 19.1 Å². The van der Waals surface area contributed by atoms with E-state index in [9.17, 15) is 9.59 Å². The van der Waals surface area contributed by atoms with Crippen LogP contribution in [-0.4, -0.2) is 37.5 Å². The monoisotopic (exact) mass is 341 g/mol. The van der Waals surface area contributed by atoms with Gasteiger partial charge in [0.1, 0.15) is 13.4 Å². The summed E-state index contributed by atoms with van der Waals surface area (Å²) >= 11 is 0. The Labute approximate surface area is 150 Å². The first kappa shape index (κ1) is 20.7. The van der Waals surface area contributed by atoms with Crippen molar-refractivity contribution in [3.8, 4) is 0 Å². The minimum atomic E-state index is -1.19. The number of carbonyl (C=O) groups is 2. The summed E-state index contributed by atoms with van der Waals surface area (Å²) < 4.78 is 10.2. The second-order valence-electron chi connectivity index (χ2n) is 6.17. The lowest BCUT2D eigenvalue weighted by Crippen LogP contribution is -2.32. The summed E-state index contributed by atoms with van der Waals surface area (Å²) in [6.45, 7) is 9.21. The van der Waals surface area contributed by atoms with E-state index in [1.165, 1.54) is 13.3 Å². The molecule has 1 heterocycles. The summed E-state index contributed by atoms with van der Waals surface area (Å²) in [6.07, 6.45) is 1.54. The Kier molecular flexibility index (Phi) is 7.15. The molecular formula is C19H24BNO4. The maximum atomic E-state index is 12.5. The van der Waals surface area contributed by atoms with Crippen LogP contribution in [0, 0.1) is 0 Å². The molecule has 25 heavy (non-hydrogen) atoms. The largest absolute Gasteiger partial charge is 0.468 e. The van der Waals surface area contributed by atoms with Crippen molar-refractivity contribution < 1.29 is 19.1 Å². The van der Waals surface area contributed by atoms with Gasteiger partial charge in [0.25, 0.3) is 0 Å². The van der Waals surface area contributed by atoms with Crippen LogP contribution in [0.4, 0.5) is 0 Å². The molecule has 0 saturated heterocycles. The van der Waals surface area contributed by atoms with E-state index in [0.29, 0.717) is 21.9 Å². The van der Waals surface area contributed by atoms with Crippen LogP contribution in [0.15, 0.2) is 30.5 Å². The highest BCUT2D eigenvalue weighted by molar-refractivity contribution is 6.33. The number of fused-ring (bicyclic) bond motifs is 1. The van der Waals surface area contributed by atoms with Crippen LogP contribution >= 0.6 is 0 Å². The molecule has 0 spiro atoms.